The first kappa shape index (κ1) is 18.2. The second-order valence-corrected chi connectivity index (χ2v) is 6.47. The van der Waals surface area contributed by atoms with Crippen molar-refractivity contribution in [3.05, 3.63) is 12.7 Å². The molecule has 1 aliphatic rings. The van der Waals surface area contributed by atoms with E-state index in [2.05, 4.69) is 6.58 Å². The van der Waals surface area contributed by atoms with Crippen LogP contribution in [0, 0.1) is 17.3 Å². The van der Waals surface area contributed by atoms with Crippen LogP contribution in [0.3, 0.4) is 0 Å². The van der Waals surface area contributed by atoms with Crippen LogP contribution in [-0.2, 0) is 23.9 Å². The van der Waals surface area contributed by atoms with E-state index in [-0.39, 0.29) is 31.0 Å². The summed E-state index contributed by atoms with van der Waals surface area (Å²) in [5.74, 6) is -2.18. The maximum atomic E-state index is 12.0. The molecule has 0 atom stereocenters. The van der Waals surface area contributed by atoms with Gasteiger partial charge in [-0.15, -0.1) is 0 Å². The number of ether oxygens (including phenoxy) is 2. The molecule has 1 N–H and O–H groups in total. The van der Waals surface area contributed by atoms with Crippen LogP contribution >= 0.6 is 0 Å². The fraction of sp³-hybridized carbons (Fsp3) is 0.688. The SMILES string of the molecule is C=CC(=O)OCC(C)(C)COC(=O)C1CCC(C(=O)O)CC1. The van der Waals surface area contributed by atoms with Gasteiger partial charge in [0.1, 0.15) is 0 Å². The van der Waals surface area contributed by atoms with Crippen molar-refractivity contribution in [1.82, 2.24) is 0 Å². The first-order valence-electron chi connectivity index (χ1n) is 7.44. The molecule has 0 amide bonds. The number of carboxylic acid groups (broad SMARTS) is 1. The largest absolute Gasteiger partial charge is 0.481 e. The summed E-state index contributed by atoms with van der Waals surface area (Å²) in [4.78, 5) is 33.9. The molecule has 0 bridgehead atoms. The average Bonchev–Trinajstić information content (AvgIpc) is 2.50. The molecule has 6 nitrogen and oxygen atoms in total. The van der Waals surface area contributed by atoms with E-state index in [1.165, 1.54) is 0 Å². The highest BCUT2D eigenvalue weighted by molar-refractivity contribution is 5.81. The van der Waals surface area contributed by atoms with Crippen LogP contribution in [0.1, 0.15) is 39.5 Å². The molecule has 0 aliphatic heterocycles. The zero-order valence-corrected chi connectivity index (χ0v) is 13.2. The molecule has 0 saturated heterocycles. The lowest BCUT2D eigenvalue weighted by molar-refractivity contribution is -0.157. The van der Waals surface area contributed by atoms with Crippen molar-refractivity contribution >= 4 is 17.9 Å². The standard InChI is InChI=1S/C16H24O6/c1-4-13(17)21-9-16(2,3)10-22-15(20)12-7-5-11(6-8-12)14(18)19/h4,11-12H,1,5-10H2,2-3H3,(H,18,19). The van der Waals surface area contributed by atoms with Crippen molar-refractivity contribution in [3.8, 4) is 0 Å². The third kappa shape index (κ3) is 5.87. The third-order valence-electron chi connectivity index (χ3n) is 3.79. The van der Waals surface area contributed by atoms with Crippen LogP contribution in [0.15, 0.2) is 12.7 Å². The van der Waals surface area contributed by atoms with E-state index in [0.717, 1.165) is 6.08 Å². The van der Waals surface area contributed by atoms with Gasteiger partial charge < -0.3 is 14.6 Å². The molecule has 124 valence electrons. The Labute approximate surface area is 130 Å². The number of aliphatic carboxylic acids is 1. The van der Waals surface area contributed by atoms with Crippen LogP contribution in [0.25, 0.3) is 0 Å². The van der Waals surface area contributed by atoms with E-state index in [9.17, 15) is 14.4 Å². The van der Waals surface area contributed by atoms with E-state index in [4.69, 9.17) is 14.6 Å². The Bertz CT molecular complexity index is 432. The summed E-state index contributed by atoms with van der Waals surface area (Å²) in [5.41, 5.74) is -0.480. The van der Waals surface area contributed by atoms with Crippen molar-refractivity contribution in [1.29, 1.82) is 0 Å². The molecular formula is C16H24O6. The first-order valence-corrected chi connectivity index (χ1v) is 7.44. The molecule has 0 aromatic heterocycles. The Morgan fingerprint density at radius 2 is 1.59 bits per heavy atom. The first-order chi connectivity index (χ1) is 10.2. The average molecular weight is 312 g/mol. The molecule has 1 aliphatic carbocycles. The lowest BCUT2D eigenvalue weighted by Crippen LogP contribution is -2.32. The maximum Gasteiger partial charge on any atom is 0.330 e. The van der Waals surface area contributed by atoms with E-state index in [0.29, 0.717) is 25.7 Å². The summed E-state index contributed by atoms with van der Waals surface area (Å²) in [6.45, 7) is 7.26. The normalized spacial score (nSPS) is 21.7. The molecule has 6 heteroatoms. The maximum absolute atomic E-state index is 12.0. The third-order valence-corrected chi connectivity index (χ3v) is 3.79. The number of carbonyl (C=O) groups excluding carboxylic acids is 2. The molecule has 0 radical (unpaired) electrons. The number of hydrogen-bond acceptors (Lipinski definition) is 5. The topological polar surface area (TPSA) is 89.9 Å². The van der Waals surface area contributed by atoms with E-state index in [1.807, 2.05) is 13.8 Å². The van der Waals surface area contributed by atoms with E-state index in [1.54, 1.807) is 0 Å². The molecule has 1 saturated carbocycles. The summed E-state index contributed by atoms with van der Waals surface area (Å²) in [5, 5.41) is 8.93. The van der Waals surface area contributed by atoms with Crippen molar-refractivity contribution in [2.24, 2.45) is 17.3 Å². The summed E-state index contributed by atoms with van der Waals surface area (Å²) >= 11 is 0. The Kier molecular flexibility index (Phi) is 6.59. The van der Waals surface area contributed by atoms with Gasteiger partial charge in [0.05, 0.1) is 25.0 Å². The Balaban J connectivity index is 2.35. The fourth-order valence-electron chi connectivity index (χ4n) is 2.33. The lowest BCUT2D eigenvalue weighted by atomic mass is 9.82. The molecule has 0 aromatic rings. The van der Waals surface area contributed by atoms with Gasteiger partial charge in [-0.2, -0.15) is 0 Å². The second kappa shape index (κ2) is 7.96. The zero-order chi connectivity index (χ0) is 16.8. The minimum absolute atomic E-state index is 0.136. The van der Waals surface area contributed by atoms with Crippen LogP contribution in [0.4, 0.5) is 0 Å². The highest BCUT2D eigenvalue weighted by Crippen LogP contribution is 2.30. The van der Waals surface area contributed by atoms with Gasteiger partial charge in [-0.05, 0) is 25.7 Å². The number of rotatable bonds is 7. The summed E-state index contributed by atoms with van der Waals surface area (Å²) in [7, 11) is 0. The number of esters is 2. The number of carboxylic acids is 1. The van der Waals surface area contributed by atoms with Crippen molar-refractivity contribution in [3.63, 3.8) is 0 Å². The highest BCUT2D eigenvalue weighted by atomic mass is 16.5. The number of hydrogen-bond donors (Lipinski definition) is 1. The van der Waals surface area contributed by atoms with Gasteiger partial charge in [0, 0.05) is 11.5 Å². The molecule has 0 heterocycles. The summed E-state index contributed by atoms with van der Waals surface area (Å²) < 4.78 is 10.3. The van der Waals surface area contributed by atoms with Crippen molar-refractivity contribution in [2.75, 3.05) is 13.2 Å². The smallest absolute Gasteiger partial charge is 0.330 e. The molecule has 0 unspecified atom stereocenters. The Morgan fingerprint density at radius 3 is 2.09 bits per heavy atom. The predicted molar refractivity (Wildman–Crippen MR) is 79.0 cm³/mol. The van der Waals surface area contributed by atoms with Gasteiger partial charge in [-0.25, -0.2) is 4.79 Å². The second-order valence-electron chi connectivity index (χ2n) is 6.47. The predicted octanol–water partition coefficient (Wildman–Crippen LogP) is 2.18. The minimum Gasteiger partial charge on any atom is -0.481 e. The van der Waals surface area contributed by atoms with Gasteiger partial charge in [0.2, 0.25) is 0 Å². The van der Waals surface area contributed by atoms with Crippen LogP contribution in [-0.4, -0.2) is 36.2 Å². The van der Waals surface area contributed by atoms with Gasteiger partial charge in [0.15, 0.2) is 0 Å². The van der Waals surface area contributed by atoms with Crippen LogP contribution < -0.4 is 0 Å². The van der Waals surface area contributed by atoms with Crippen molar-refractivity contribution < 1.29 is 29.0 Å². The van der Waals surface area contributed by atoms with Crippen LogP contribution in [0.2, 0.25) is 0 Å². The van der Waals surface area contributed by atoms with Gasteiger partial charge in [-0.1, -0.05) is 20.4 Å². The molecular weight excluding hydrogens is 288 g/mol. The fourth-order valence-corrected chi connectivity index (χ4v) is 2.33. The number of carbonyl (C=O) groups is 3. The molecule has 0 aromatic carbocycles. The Hall–Kier alpha value is -1.85. The zero-order valence-electron chi connectivity index (χ0n) is 13.2. The summed E-state index contributed by atoms with van der Waals surface area (Å²) in [6.07, 6.45) is 3.19. The molecule has 22 heavy (non-hydrogen) atoms. The monoisotopic (exact) mass is 312 g/mol. The van der Waals surface area contributed by atoms with Crippen molar-refractivity contribution in [2.45, 2.75) is 39.5 Å². The molecule has 0 spiro atoms. The van der Waals surface area contributed by atoms with E-state index >= 15 is 0 Å². The minimum atomic E-state index is -0.794. The molecule has 1 rings (SSSR count). The van der Waals surface area contributed by atoms with E-state index < -0.39 is 17.4 Å². The lowest BCUT2D eigenvalue weighted by Gasteiger charge is -2.27. The van der Waals surface area contributed by atoms with Gasteiger partial charge in [-0.3, -0.25) is 9.59 Å². The Morgan fingerprint density at radius 1 is 1.09 bits per heavy atom. The quantitative estimate of drug-likeness (QED) is 0.572. The van der Waals surface area contributed by atoms with Gasteiger partial charge >= 0.3 is 17.9 Å². The summed E-state index contributed by atoms with van der Waals surface area (Å²) in [6, 6.07) is 0. The highest BCUT2D eigenvalue weighted by Gasteiger charge is 2.31. The van der Waals surface area contributed by atoms with Crippen LogP contribution in [0.5, 0.6) is 0 Å². The molecule has 1 fully saturated rings. The van der Waals surface area contributed by atoms with Gasteiger partial charge in [0.25, 0.3) is 0 Å².